The van der Waals surface area contributed by atoms with Crippen LogP contribution in [0.3, 0.4) is 0 Å². The minimum absolute atomic E-state index is 0.00660. The van der Waals surface area contributed by atoms with Crippen LogP contribution in [0.15, 0.2) is 0 Å². The average Bonchev–Trinajstić information content (AvgIpc) is 1.67. The second-order valence-corrected chi connectivity index (χ2v) is 3.56. The Bertz CT molecular complexity index is 65.1. The van der Waals surface area contributed by atoms with E-state index in [1.165, 1.54) is 0 Å². The second-order valence-electron chi connectivity index (χ2n) is 1.53. The summed E-state index contributed by atoms with van der Waals surface area (Å²) in [5, 5.41) is 17.8. The number of halogens is 2. The number of hydrogen-bond donors (Lipinski definition) is 2. The summed E-state index contributed by atoms with van der Waals surface area (Å²) in [5.74, 6) is 0. The average molecular weight is 248 g/mol. The standard InChI is InChI=1S/C4H8Br2O2/c5-3-4(6,8)1-2-7/h7-8H,1-3H2. The third-order valence-corrected chi connectivity index (χ3v) is 3.06. The quantitative estimate of drug-likeness (QED) is 0.726. The van der Waals surface area contributed by atoms with Gasteiger partial charge in [-0.25, -0.2) is 0 Å². The fourth-order valence-corrected chi connectivity index (χ4v) is 0.696. The van der Waals surface area contributed by atoms with E-state index in [1.54, 1.807) is 0 Å². The Morgan fingerprint density at radius 3 is 2.12 bits per heavy atom. The molecule has 0 saturated carbocycles. The van der Waals surface area contributed by atoms with Gasteiger partial charge in [-0.15, -0.1) is 0 Å². The van der Waals surface area contributed by atoms with Crippen molar-refractivity contribution in [3.05, 3.63) is 0 Å². The molecule has 0 aromatic carbocycles. The largest absolute Gasteiger partial charge is 0.396 e. The van der Waals surface area contributed by atoms with Crippen molar-refractivity contribution < 1.29 is 10.2 Å². The van der Waals surface area contributed by atoms with Gasteiger partial charge < -0.3 is 10.2 Å². The number of aliphatic hydroxyl groups is 2. The molecule has 0 aromatic heterocycles. The van der Waals surface area contributed by atoms with Gasteiger partial charge in [-0.2, -0.15) is 0 Å². The third-order valence-electron chi connectivity index (χ3n) is 0.700. The van der Waals surface area contributed by atoms with Crippen LogP contribution in [0.1, 0.15) is 6.42 Å². The van der Waals surface area contributed by atoms with Crippen molar-refractivity contribution in [1.29, 1.82) is 0 Å². The molecule has 2 nitrogen and oxygen atoms in total. The summed E-state index contributed by atoms with van der Waals surface area (Å²) in [6, 6.07) is 0. The van der Waals surface area contributed by atoms with E-state index in [-0.39, 0.29) is 6.61 Å². The van der Waals surface area contributed by atoms with E-state index in [2.05, 4.69) is 31.9 Å². The van der Waals surface area contributed by atoms with E-state index in [0.29, 0.717) is 11.8 Å². The summed E-state index contributed by atoms with van der Waals surface area (Å²) in [4.78, 5) is 0. The van der Waals surface area contributed by atoms with Crippen LogP contribution in [0, 0.1) is 0 Å². The van der Waals surface area contributed by atoms with Gasteiger partial charge in [0.1, 0.15) is 4.51 Å². The van der Waals surface area contributed by atoms with Crippen molar-refractivity contribution in [1.82, 2.24) is 0 Å². The first-order valence-electron chi connectivity index (χ1n) is 2.20. The fourth-order valence-electron chi connectivity index (χ4n) is 0.238. The Hall–Kier alpha value is 0.880. The van der Waals surface area contributed by atoms with Crippen molar-refractivity contribution in [2.24, 2.45) is 0 Å². The molecule has 4 heteroatoms. The molecular weight excluding hydrogens is 240 g/mol. The van der Waals surface area contributed by atoms with E-state index >= 15 is 0 Å². The highest BCUT2D eigenvalue weighted by atomic mass is 79.9. The molecule has 0 aromatic rings. The van der Waals surface area contributed by atoms with Gasteiger partial charge in [-0.1, -0.05) is 31.9 Å². The Morgan fingerprint density at radius 2 is 2.00 bits per heavy atom. The first-order chi connectivity index (χ1) is 3.62. The molecule has 0 rings (SSSR count). The summed E-state index contributed by atoms with van der Waals surface area (Å²) in [6.45, 7) is -0.00660. The highest BCUT2D eigenvalue weighted by molar-refractivity contribution is 9.12. The summed E-state index contributed by atoms with van der Waals surface area (Å²) in [7, 11) is 0. The van der Waals surface area contributed by atoms with E-state index in [0.717, 1.165) is 0 Å². The zero-order valence-corrected chi connectivity index (χ0v) is 7.44. The summed E-state index contributed by atoms with van der Waals surface area (Å²) >= 11 is 6.05. The van der Waals surface area contributed by atoms with Crippen molar-refractivity contribution in [3.8, 4) is 0 Å². The van der Waals surface area contributed by atoms with Gasteiger partial charge in [0, 0.05) is 18.4 Å². The molecule has 8 heavy (non-hydrogen) atoms. The SMILES string of the molecule is OCCC(O)(Br)CBr. The van der Waals surface area contributed by atoms with Crippen LogP contribution in [0.2, 0.25) is 0 Å². The topological polar surface area (TPSA) is 40.5 Å². The maximum absolute atomic E-state index is 9.03. The van der Waals surface area contributed by atoms with Gasteiger partial charge in [0.2, 0.25) is 0 Å². The molecule has 0 bridgehead atoms. The Kier molecular flexibility index (Phi) is 4.24. The van der Waals surface area contributed by atoms with Crippen LogP contribution < -0.4 is 0 Å². The van der Waals surface area contributed by atoms with Crippen LogP contribution in [0.5, 0.6) is 0 Å². The fraction of sp³-hybridized carbons (Fsp3) is 1.00. The molecule has 0 aliphatic carbocycles. The lowest BCUT2D eigenvalue weighted by Crippen LogP contribution is -2.22. The number of rotatable bonds is 3. The lowest BCUT2D eigenvalue weighted by atomic mass is 10.3. The molecular formula is C4H8Br2O2. The van der Waals surface area contributed by atoms with Gasteiger partial charge >= 0.3 is 0 Å². The molecule has 1 atom stereocenters. The van der Waals surface area contributed by atoms with E-state index < -0.39 is 4.51 Å². The molecule has 0 amide bonds. The molecule has 0 aliphatic rings. The van der Waals surface area contributed by atoms with Crippen LogP contribution in [0.4, 0.5) is 0 Å². The zero-order valence-electron chi connectivity index (χ0n) is 4.27. The van der Waals surface area contributed by atoms with E-state index in [1.807, 2.05) is 0 Å². The first kappa shape index (κ1) is 8.88. The lowest BCUT2D eigenvalue weighted by molar-refractivity contribution is 0.130. The Morgan fingerprint density at radius 1 is 1.50 bits per heavy atom. The number of aliphatic hydroxyl groups excluding tert-OH is 1. The maximum atomic E-state index is 9.03. The summed E-state index contributed by atoms with van der Waals surface area (Å²) in [5.41, 5.74) is 0. The van der Waals surface area contributed by atoms with Gasteiger partial charge in [0.25, 0.3) is 0 Å². The van der Waals surface area contributed by atoms with Crippen LogP contribution in [-0.2, 0) is 0 Å². The maximum Gasteiger partial charge on any atom is 0.131 e. The Balaban J connectivity index is 3.37. The van der Waals surface area contributed by atoms with Crippen molar-refractivity contribution >= 4 is 31.9 Å². The highest BCUT2D eigenvalue weighted by Crippen LogP contribution is 2.20. The van der Waals surface area contributed by atoms with Gasteiger partial charge in [-0.05, 0) is 0 Å². The molecule has 0 fully saturated rings. The van der Waals surface area contributed by atoms with E-state index in [4.69, 9.17) is 10.2 Å². The van der Waals surface area contributed by atoms with Crippen LogP contribution in [0.25, 0.3) is 0 Å². The summed E-state index contributed by atoms with van der Waals surface area (Å²) in [6.07, 6.45) is 0.345. The predicted molar refractivity (Wildman–Crippen MR) is 39.4 cm³/mol. The number of alkyl halides is 2. The third kappa shape index (κ3) is 3.83. The molecule has 50 valence electrons. The van der Waals surface area contributed by atoms with Crippen molar-refractivity contribution in [2.45, 2.75) is 10.9 Å². The second kappa shape index (κ2) is 3.82. The molecule has 0 heterocycles. The minimum Gasteiger partial charge on any atom is -0.396 e. The molecule has 0 spiro atoms. The van der Waals surface area contributed by atoms with Gasteiger partial charge in [0.15, 0.2) is 0 Å². The summed E-state index contributed by atoms with van der Waals surface area (Å²) < 4.78 is -0.929. The lowest BCUT2D eigenvalue weighted by Gasteiger charge is -2.15. The monoisotopic (exact) mass is 246 g/mol. The molecule has 2 N–H and O–H groups in total. The smallest absolute Gasteiger partial charge is 0.131 e. The Labute approximate surface area is 65.2 Å². The van der Waals surface area contributed by atoms with Crippen molar-refractivity contribution in [3.63, 3.8) is 0 Å². The van der Waals surface area contributed by atoms with Crippen LogP contribution >= 0.6 is 31.9 Å². The molecule has 0 aliphatic heterocycles. The zero-order chi connectivity index (χ0) is 6.62. The normalized spacial score (nSPS) is 18.0. The van der Waals surface area contributed by atoms with Crippen molar-refractivity contribution in [2.75, 3.05) is 11.9 Å². The molecule has 1 unspecified atom stereocenters. The minimum atomic E-state index is -0.929. The van der Waals surface area contributed by atoms with Crippen LogP contribution in [-0.4, -0.2) is 26.7 Å². The predicted octanol–water partition coefficient (Wildman–Crippen LogP) is 0.847. The van der Waals surface area contributed by atoms with Gasteiger partial charge in [0.05, 0.1) is 0 Å². The molecule has 0 radical (unpaired) electrons. The first-order valence-corrected chi connectivity index (χ1v) is 4.12. The number of hydrogen-bond acceptors (Lipinski definition) is 2. The highest BCUT2D eigenvalue weighted by Gasteiger charge is 2.19. The van der Waals surface area contributed by atoms with Gasteiger partial charge in [-0.3, -0.25) is 0 Å². The molecule has 0 saturated heterocycles. The van der Waals surface area contributed by atoms with E-state index in [9.17, 15) is 0 Å².